The van der Waals surface area contributed by atoms with E-state index >= 15 is 0 Å². The molecule has 2 aromatic carbocycles. The molecular formula is C20H21N7O4S. The molecule has 1 aromatic heterocycles. The second kappa shape index (κ2) is 8.85. The summed E-state index contributed by atoms with van der Waals surface area (Å²) in [6.45, 7) is 2.10. The van der Waals surface area contributed by atoms with Gasteiger partial charge in [-0.25, -0.2) is 13.1 Å². The molecule has 1 aliphatic rings. The number of benzene rings is 2. The predicted octanol–water partition coefficient (Wildman–Crippen LogP) is 0.585. The lowest BCUT2D eigenvalue weighted by molar-refractivity contribution is -0.125. The number of sulfonamides is 1. The van der Waals surface area contributed by atoms with E-state index in [9.17, 15) is 18.0 Å². The first-order valence-electron chi connectivity index (χ1n) is 9.88. The second-order valence-corrected chi connectivity index (χ2v) is 9.22. The topological polar surface area (TPSA) is 139 Å². The Morgan fingerprint density at radius 1 is 1.03 bits per heavy atom. The normalized spacial score (nSPS) is 16.6. The van der Waals surface area contributed by atoms with Gasteiger partial charge in [0.25, 0.3) is 11.8 Å². The van der Waals surface area contributed by atoms with Crippen molar-refractivity contribution < 1.29 is 18.0 Å². The summed E-state index contributed by atoms with van der Waals surface area (Å²) in [6.07, 6.45) is 2.34. The molecule has 0 spiro atoms. The summed E-state index contributed by atoms with van der Waals surface area (Å²) in [4.78, 5) is 25.2. The Labute approximate surface area is 184 Å². The zero-order valence-electron chi connectivity index (χ0n) is 17.2. The van der Waals surface area contributed by atoms with Crippen molar-refractivity contribution in [3.63, 3.8) is 0 Å². The van der Waals surface area contributed by atoms with Gasteiger partial charge >= 0.3 is 0 Å². The molecule has 11 nitrogen and oxygen atoms in total. The van der Waals surface area contributed by atoms with Crippen molar-refractivity contribution in [3.05, 3.63) is 66.0 Å². The summed E-state index contributed by atoms with van der Waals surface area (Å²) < 4.78 is 28.6. The Hall–Kier alpha value is -3.64. The lowest BCUT2D eigenvalue weighted by Gasteiger charge is -2.23. The number of carbonyl (C=O) groups excluding carboxylic acids is 2. The number of nitrogens with zero attached hydrogens (tertiary/aromatic N) is 5. The minimum Gasteiger partial charge on any atom is -0.271 e. The highest BCUT2D eigenvalue weighted by Crippen LogP contribution is 2.26. The maximum atomic E-state index is 13.0. The van der Waals surface area contributed by atoms with Crippen LogP contribution in [0.2, 0.25) is 0 Å². The number of hydrazine groups is 1. The lowest BCUT2D eigenvalue weighted by Crippen LogP contribution is -2.51. The van der Waals surface area contributed by atoms with Gasteiger partial charge in [0.05, 0.1) is 10.6 Å². The van der Waals surface area contributed by atoms with E-state index in [-0.39, 0.29) is 11.4 Å². The van der Waals surface area contributed by atoms with Gasteiger partial charge in [-0.05, 0) is 66.6 Å². The van der Waals surface area contributed by atoms with Gasteiger partial charge in [0.2, 0.25) is 10.0 Å². The van der Waals surface area contributed by atoms with E-state index in [2.05, 4.69) is 26.4 Å². The van der Waals surface area contributed by atoms with Gasteiger partial charge in [-0.3, -0.25) is 20.4 Å². The molecule has 0 aliphatic carbocycles. The van der Waals surface area contributed by atoms with Crippen molar-refractivity contribution in [1.29, 1.82) is 0 Å². The van der Waals surface area contributed by atoms with Crippen molar-refractivity contribution in [2.45, 2.75) is 30.7 Å². The molecule has 32 heavy (non-hydrogen) atoms. The fraction of sp³-hybridized carbons (Fsp3) is 0.250. The van der Waals surface area contributed by atoms with Crippen molar-refractivity contribution in [1.82, 2.24) is 35.4 Å². The van der Waals surface area contributed by atoms with Gasteiger partial charge in [0, 0.05) is 12.1 Å². The third kappa shape index (κ3) is 4.36. The Morgan fingerprint density at radius 2 is 1.75 bits per heavy atom. The molecule has 2 heterocycles. The number of hydrogen-bond donors (Lipinski definition) is 2. The maximum absolute atomic E-state index is 13.0. The smallest absolute Gasteiger partial charge is 0.269 e. The van der Waals surface area contributed by atoms with E-state index in [1.54, 1.807) is 36.4 Å². The zero-order chi connectivity index (χ0) is 22.7. The molecule has 2 amide bonds. The molecule has 0 unspecified atom stereocenters. The number of nitrogens with one attached hydrogen (secondary N) is 2. The van der Waals surface area contributed by atoms with Crippen LogP contribution >= 0.6 is 0 Å². The minimum atomic E-state index is -3.83. The van der Waals surface area contributed by atoms with E-state index in [1.165, 1.54) is 27.4 Å². The maximum Gasteiger partial charge on any atom is 0.269 e. The molecule has 166 valence electrons. The molecule has 1 fully saturated rings. The van der Waals surface area contributed by atoms with Crippen LogP contribution in [0.5, 0.6) is 0 Å². The molecule has 0 bridgehead atoms. The number of aryl methyl sites for hydroxylation is 1. The highest BCUT2D eigenvalue weighted by molar-refractivity contribution is 7.89. The monoisotopic (exact) mass is 455 g/mol. The first kappa shape index (κ1) is 21.6. The molecule has 2 N–H and O–H groups in total. The zero-order valence-corrected chi connectivity index (χ0v) is 18.0. The van der Waals surface area contributed by atoms with Crippen LogP contribution < -0.4 is 10.9 Å². The SMILES string of the molecule is Cc1ccc(S(=O)(=O)N2CCC[C@H]2C(=O)NNC(=O)c2ccc(-n3cnnn3)cc2)cc1. The number of carbonyl (C=O) groups is 2. The quantitative estimate of drug-likeness (QED) is 0.537. The van der Waals surface area contributed by atoms with E-state index in [1.807, 2.05) is 6.92 Å². The van der Waals surface area contributed by atoms with Crippen molar-refractivity contribution in [2.24, 2.45) is 0 Å². The molecule has 0 radical (unpaired) electrons. The molecule has 1 aliphatic heterocycles. The number of hydrogen-bond acceptors (Lipinski definition) is 7. The van der Waals surface area contributed by atoms with Gasteiger partial charge in [-0.15, -0.1) is 5.10 Å². The van der Waals surface area contributed by atoms with Crippen LogP contribution in [0, 0.1) is 6.92 Å². The van der Waals surface area contributed by atoms with Gasteiger partial charge in [0.1, 0.15) is 12.4 Å². The molecule has 1 atom stereocenters. The van der Waals surface area contributed by atoms with Crippen LogP contribution in [-0.4, -0.2) is 57.3 Å². The van der Waals surface area contributed by atoms with Crippen molar-refractivity contribution >= 4 is 21.8 Å². The molecular weight excluding hydrogens is 434 g/mol. The van der Waals surface area contributed by atoms with Gasteiger partial charge in [-0.2, -0.15) is 4.31 Å². The van der Waals surface area contributed by atoms with Gasteiger partial charge in [0.15, 0.2) is 0 Å². The van der Waals surface area contributed by atoms with Crippen LogP contribution in [0.25, 0.3) is 5.69 Å². The van der Waals surface area contributed by atoms with Crippen LogP contribution in [0.1, 0.15) is 28.8 Å². The fourth-order valence-electron chi connectivity index (χ4n) is 3.45. The average Bonchev–Trinajstić information content (AvgIpc) is 3.50. The molecule has 3 aromatic rings. The first-order valence-corrected chi connectivity index (χ1v) is 11.3. The van der Waals surface area contributed by atoms with Crippen LogP contribution in [0.4, 0.5) is 0 Å². The van der Waals surface area contributed by atoms with E-state index in [4.69, 9.17) is 0 Å². The summed E-state index contributed by atoms with van der Waals surface area (Å²) in [6, 6.07) is 12.0. The molecule has 12 heteroatoms. The first-order chi connectivity index (χ1) is 15.4. The minimum absolute atomic E-state index is 0.134. The van der Waals surface area contributed by atoms with Crippen LogP contribution in [0.15, 0.2) is 59.8 Å². The fourth-order valence-corrected chi connectivity index (χ4v) is 5.11. The third-order valence-corrected chi connectivity index (χ3v) is 7.10. The van der Waals surface area contributed by atoms with E-state index in [0.29, 0.717) is 24.1 Å². The Morgan fingerprint density at radius 3 is 2.41 bits per heavy atom. The molecule has 1 saturated heterocycles. The van der Waals surface area contributed by atoms with Crippen LogP contribution in [0.3, 0.4) is 0 Å². The summed E-state index contributed by atoms with van der Waals surface area (Å²) >= 11 is 0. The molecule has 4 rings (SSSR count). The second-order valence-electron chi connectivity index (χ2n) is 7.33. The Bertz CT molecular complexity index is 1210. The van der Waals surface area contributed by atoms with E-state index < -0.39 is 27.9 Å². The molecule has 0 saturated carbocycles. The predicted molar refractivity (Wildman–Crippen MR) is 113 cm³/mol. The number of aromatic nitrogens is 4. The van der Waals surface area contributed by atoms with E-state index in [0.717, 1.165) is 5.56 Å². The highest BCUT2D eigenvalue weighted by Gasteiger charge is 2.39. The Kier molecular flexibility index (Phi) is 5.97. The summed E-state index contributed by atoms with van der Waals surface area (Å²) in [5.74, 6) is -1.12. The van der Waals surface area contributed by atoms with Crippen molar-refractivity contribution in [3.8, 4) is 5.69 Å². The van der Waals surface area contributed by atoms with Crippen LogP contribution in [-0.2, 0) is 14.8 Å². The summed E-state index contributed by atoms with van der Waals surface area (Å²) in [5.41, 5.74) is 6.59. The highest BCUT2D eigenvalue weighted by atomic mass is 32.2. The number of rotatable bonds is 5. The van der Waals surface area contributed by atoms with Gasteiger partial charge < -0.3 is 0 Å². The standard InChI is InChI=1S/C20H21N7O4S/c1-14-4-10-17(11-5-14)32(30,31)27-12-2-3-18(27)20(29)23-22-19(28)15-6-8-16(9-7-15)26-13-21-24-25-26/h4-11,13,18H,2-3,12H2,1H3,(H,22,28)(H,23,29)/t18-/m0/s1. The average molecular weight is 456 g/mol. The third-order valence-electron chi connectivity index (χ3n) is 5.18. The largest absolute Gasteiger partial charge is 0.271 e. The Balaban J connectivity index is 1.39. The number of tetrazole rings is 1. The van der Waals surface area contributed by atoms with Gasteiger partial charge in [-0.1, -0.05) is 17.7 Å². The van der Waals surface area contributed by atoms with Crippen molar-refractivity contribution in [2.75, 3.05) is 6.54 Å². The lowest BCUT2D eigenvalue weighted by atomic mass is 10.2. The number of amides is 2. The summed E-state index contributed by atoms with van der Waals surface area (Å²) in [7, 11) is -3.83. The summed E-state index contributed by atoms with van der Waals surface area (Å²) in [5, 5.41) is 10.9.